The molecule has 6 heteroatoms. The third kappa shape index (κ3) is 4.95. The quantitative estimate of drug-likeness (QED) is 0.784. The number of hydrogen-bond acceptors (Lipinski definition) is 4. The van der Waals surface area contributed by atoms with E-state index in [9.17, 15) is 4.21 Å². The van der Waals surface area contributed by atoms with Crippen molar-refractivity contribution in [3.05, 3.63) is 12.2 Å². The van der Waals surface area contributed by atoms with Crippen molar-refractivity contribution in [3.8, 4) is 0 Å². The van der Waals surface area contributed by atoms with Gasteiger partial charge in [-0.2, -0.15) is 5.10 Å². The molecule has 1 heterocycles. The van der Waals surface area contributed by atoms with Crippen LogP contribution in [-0.4, -0.2) is 31.3 Å². The van der Waals surface area contributed by atoms with Gasteiger partial charge in [0, 0.05) is 23.1 Å². The summed E-state index contributed by atoms with van der Waals surface area (Å²) in [4.78, 5) is 4.17. The van der Waals surface area contributed by atoms with Gasteiger partial charge in [0.25, 0.3) is 0 Å². The number of nitrogens with two attached hydrogens (primary N) is 1. The van der Waals surface area contributed by atoms with Crippen molar-refractivity contribution >= 4 is 10.8 Å². The monoisotopic (exact) mass is 258 g/mol. The highest BCUT2D eigenvalue weighted by Gasteiger charge is 2.12. The minimum absolute atomic E-state index is 0.289. The normalized spacial score (nSPS) is 15.1. The minimum Gasteiger partial charge on any atom is -0.330 e. The average molecular weight is 258 g/mol. The Bertz CT molecular complexity index is 364. The van der Waals surface area contributed by atoms with Crippen LogP contribution < -0.4 is 5.73 Å². The first-order chi connectivity index (χ1) is 8.02. The molecule has 0 bridgehead atoms. The van der Waals surface area contributed by atoms with E-state index >= 15 is 0 Å². The summed E-state index contributed by atoms with van der Waals surface area (Å²) < 4.78 is 13.7. The van der Waals surface area contributed by atoms with Crippen molar-refractivity contribution in [2.24, 2.45) is 17.6 Å². The third-order valence-corrected chi connectivity index (χ3v) is 3.92. The lowest BCUT2D eigenvalue weighted by atomic mass is 10.2. The lowest BCUT2D eigenvalue weighted by Gasteiger charge is -2.10. The van der Waals surface area contributed by atoms with E-state index < -0.39 is 10.8 Å². The van der Waals surface area contributed by atoms with Gasteiger partial charge in [-0.3, -0.25) is 4.21 Å². The van der Waals surface area contributed by atoms with Gasteiger partial charge in [-0.05, 0) is 18.4 Å². The fourth-order valence-electron chi connectivity index (χ4n) is 1.49. The highest BCUT2D eigenvalue weighted by atomic mass is 32.2. The Labute approximate surface area is 105 Å². The summed E-state index contributed by atoms with van der Waals surface area (Å²) in [6, 6.07) is 0. The first kappa shape index (κ1) is 14.3. The Balaban J connectivity index is 2.56. The van der Waals surface area contributed by atoms with Crippen molar-refractivity contribution in [2.75, 3.05) is 12.3 Å². The fourth-order valence-corrected chi connectivity index (χ4v) is 2.89. The highest BCUT2D eigenvalue weighted by Crippen LogP contribution is 2.06. The van der Waals surface area contributed by atoms with Crippen LogP contribution in [0, 0.1) is 11.8 Å². The summed E-state index contributed by atoms with van der Waals surface area (Å²) >= 11 is 0. The second-order valence-corrected chi connectivity index (χ2v) is 6.35. The van der Waals surface area contributed by atoms with E-state index in [2.05, 4.69) is 23.9 Å². The van der Waals surface area contributed by atoms with Crippen LogP contribution >= 0.6 is 0 Å². The van der Waals surface area contributed by atoms with E-state index in [0.29, 0.717) is 24.0 Å². The molecule has 2 N–H and O–H groups in total. The van der Waals surface area contributed by atoms with Crippen LogP contribution in [0.15, 0.2) is 6.33 Å². The Morgan fingerprint density at radius 2 is 2.18 bits per heavy atom. The summed E-state index contributed by atoms with van der Waals surface area (Å²) in [6.45, 7) is 7.65. The van der Waals surface area contributed by atoms with Crippen molar-refractivity contribution in [2.45, 2.75) is 33.1 Å². The molecule has 0 aliphatic rings. The Hall–Kier alpha value is -0.750. The van der Waals surface area contributed by atoms with Gasteiger partial charge < -0.3 is 5.73 Å². The van der Waals surface area contributed by atoms with Gasteiger partial charge in [0.05, 0.1) is 5.75 Å². The molecule has 0 saturated carbocycles. The summed E-state index contributed by atoms with van der Waals surface area (Å²) in [7, 11) is -0.908. The van der Waals surface area contributed by atoms with Gasteiger partial charge in [-0.1, -0.05) is 20.8 Å². The Kier molecular flexibility index (Phi) is 5.77. The van der Waals surface area contributed by atoms with E-state index in [0.717, 1.165) is 12.4 Å². The summed E-state index contributed by atoms with van der Waals surface area (Å²) in [5.74, 6) is 2.70. The maximum absolute atomic E-state index is 11.9. The SMILES string of the molecule is CC(C)Cn1ncnc1CS(=O)CC(C)CN. The fraction of sp³-hybridized carbons (Fsp3) is 0.818. The summed E-state index contributed by atoms with van der Waals surface area (Å²) in [5.41, 5.74) is 5.52. The number of aromatic nitrogens is 3. The molecule has 98 valence electrons. The zero-order valence-corrected chi connectivity index (χ0v) is 11.6. The van der Waals surface area contributed by atoms with Crippen molar-refractivity contribution in [3.63, 3.8) is 0 Å². The lowest BCUT2D eigenvalue weighted by Crippen LogP contribution is -2.20. The van der Waals surface area contributed by atoms with Crippen LogP contribution in [-0.2, 0) is 23.1 Å². The van der Waals surface area contributed by atoms with Gasteiger partial charge in [0.2, 0.25) is 0 Å². The molecule has 0 aliphatic heterocycles. The molecule has 0 amide bonds. The smallest absolute Gasteiger partial charge is 0.139 e. The second-order valence-electron chi connectivity index (χ2n) is 4.84. The average Bonchev–Trinajstić information content (AvgIpc) is 2.64. The van der Waals surface area contributed by atoms with E-state index in [-0.39, 0.29) is 5.92 Å². The van der Waals surface area contributed by atoms with Crippen molar-refractivity contribution in [1.29, 1.82) is 0 Å². The van der Waals surface area contributed by atoms with Crippen molar-refractivity contribution < 1.29 is 4.21 Å². The summed E-state index contributed by atoms with van der Waals surface area (Å²) in [6.07, 6.45) is 1.53. The molecule has 17 heavy (non-hydrogen) atoms. The number of hydrogen-bond donors (Lipinski definition) is 1. The molecular weight excluding hydrogens is 236 g/mol. The molecule has 1 rings (SSSR count). The van der Waals surface area contributed by atoms with Crippen LogP contribution in [0.3, 0.4) is 0 Å². The van der Waals surface area contributed by atoms with E-state index in [1.807, 2.05) is 11.6 Å². The van der Waals surface area contributed by atoms with E-state index in [1.165, 1.54) is 6.33 Å². The molecule has 1 aromatic heterocycles. The van der Waals surface area contributed by atoms with Gasteiger partial charge >= 0.3 is 0 Å². The summed E-state index contributed by atoms with van der Waals surface area (Å²) in [5, 5.41) is 4.16. The largest absolute Gasteiger partial charge is 0.330 e. The molecule has 0 spiro atoms. The first-order valence-corrected chi connectivity index (χ1v) is 7.43. The molecule has 0 aromatic carbocycles. The molecular formula is C11H22N4OS. The topological polar surface area (TPSA) is 73.8 Å². The Morgan fingerprint density at radius 1 is 1.47 bits per heavy atom. The maximum atomic E-state index is 11.9. The van der Waals surface area contributed by atoms with Gasteiger partial charge in [-0.15, -0.1) is 0 Å². The molecule has 0 aliphatic carbocycles. The van der Waals surface area contributed by atoms with Crippen LogP contribution in [0.2, 0.25) is 0 Å². The molecule has 0 fully saturated rings. The highest BCUT2D eigenvalue weighted by molar-refractivity contribution is 7.84. The number of nitrogens with zero attached hydrogens (tertiary/aromatic N) is 3. The molecule has 2 unspecified atom stereocenters. The van der Waals surface area contributed by atoms with Gasteiger partial charge in [0.1, 0.15) is 12.2 Å². The van der Waals surface area contributed by atoms with Crippen molar-refractivity contribution in [1.82, 2.24) is 14.8 Å². The molecule has 0 radical (unpaired) electrons. The van der Waals surface area contributed by atoms with Crippen LogP contribution in [0.4, 0.5) is 0 Å². The van der Waals surface area contributed by atoms with Crippen LogP contribution in [0.5, 0.6) is 0 Å². The Morgan fingerprint density at radius 3 is 2.76 bits per heavy atom. The van der Waals surface area contributed by atoms with Gasteiger partial charge in [0.15, 0.2) is 0 Å². The molecule has 0 saturated heterocycles. The van der Waals surface area contributed by atoms with E-state index in [1.54, 1.807) is 0 Å². The zero-order valence-electron chi connectivity index (χ0n) is 10.8. The second kappa shape index (κ2) is 6.86. The number of rotatable bonds is 7. The minimum atomic E-state index is -0.908. The van der Waals surface area contributed by atoms with E-state index in [4.69, 9.17) is 5.73 Å². The lowest BCUT2D eigenvalue weighted by molar-refractivity contribution is 0.471. The molecule has 2 atom stereocenters. The maximum Gasteiger partial charge on any atom is 0.139 e. The van der Waals surface area contributed by atoms with Gasteiger partial charge in [-0.25, -0.2) is 9.67 Å². The zero-order chi connectivity index (χ0) is 12.8. The third-order valence-electron chi connectivity index (χ3n) is 2.40. The predicted octanol–water partition coefficient (Wildman–Crippen LogP) is 0.778. The van der Waals surface area contributed by atoms with Crippen LogP contribution in [0.25, 0.3) is 0 Å². The first-order valence-electron chi connectivity index (χ1n) is 5.94. The molecule has 1 aromatic rings. The predicted molar refractivity (Wildman–Crippen MR) is 69.8 cm³/mol. The molecule has 5 nitrogen and oxygen atoms in total. The van der Waals surface area contributed by atoms with Crippen LogP contribution in [0.1, 0.15) is 26.6 Å². The standard InChI is InChI=1S/C11H22N4OS/c1-9(2)5-15-11(13-8-14-15)7-17(16)6-10(3)4-12/h8-10H,4-7,12H2,1-3H3.